The van der Waals surface area contributed by atoms with Gasteiger partial charge in [-0.3, -0.25) is 14.5 Å². The molecule has 1 aliphatic heterocycles. The summed E-state index contributed by atoms with van der Waals surface area (Å²) in [5, 5.41) is 8.88. The van der Waals surface area contributed by atoms with E-state index in [1.807, 2.05) is 49.6 Å². The fourth-order valence-corrected chi connectivity index (χ4v) is 4.13. The lowest BCUT2D eigenvalue weighted by molar-refractivity contribution is -0.117. The van der Waals surface area contributed by atoms with Crippen molar-refractivity contribution in [3.05, 3.63) is 58.6 Å². The van der Waals surface area contributed by atoms with Gasteiger partial charge in [0.05, 0.1) is 11.4 Å². The number of carbonyl (C=O) groups is 2. The van der Waals surface area contributed by atoms with Crippen LogP contribution in [0.2, 0.25) is 0 Å². The average molecular weight is 425 g/mol. The topological polar surface area (TPSA) is 78.7 Å². The van der Waals surface area contributed by atoms with E-state index in [0.717, 1.165) is 21.7 Å². The third-order valence-electron chi connectivity index (χ3n) is 5.40. The molecule has 0 spiro atoms. The summed E-state index contributed by atoms with van der Waals surface area (Å²) in [5.41, 5.74) is 3.40. The maximum Gasteiger partial charge on any atom is 0.276 e. The maximum absolute atomic E-state index is 12.7. The number of aryl methyl sites for hydroxylation is 1. The molecule has 7 nitrogen and oxygen atoms in total. The molecule has 3 heterocycles. The summed E-state index contributed by atoms with van der Waals surface area (Å²) in [6, 6.07) is 11.4. The zero-order chi connectivity index (χ0) is 21.1. The van der Waals surface area contributed by atoms with Gasteiger partial charge in [-0.05, 0) is 42.5 Å². The second-order valence-electron chi connectivity index (χ2n) is 7.42. The molecule has 0 unspecified atom stereocenters. The Labute approximate surface area is 179 Å². The Morgan fingerprint density at radius 1 is 1.13 bits per heavy atom. The first kappa shape index (κ1) is 20.3. The summed E-state index contributed by atoms with van der Waals surface area (Å²) in [4.78, 5) is 29.9. The summed E-state index contributed by atoms with van der Waals surface area (Å²) in [6.45, 7) is 6.72. The van der Waals surface area contributed by atoms with Gasteiger partial charge in [0.2, 0.25) is 5.91 Å². The molecular weight excluding hydrogens is 400 g/mol. The van der Waals surface area contributed by atoms with E-state index in [4.69, 9.17) is 4.52 Å². The van der Waals surface area contributed by atoms with Gasteiger partial charge in [0, 0.05) is 37.9 Å². The van der Waals surface area contributed by atoms with Gasteiger partial charge < -0.3 is 14.7 Å². The van der Waals surface area contributed by atoms with Crippen molar-refractivity contribution in [1.29, 1.82) is 0 Å². The van der Waals surface area contributed by atoms with Gasteiger partial charge in [-0.2, -0.15) is 0 Å². The predicted octanol–water partition coefficient (Wildman–Crippen LogP) is 3.42. The molecule has 1 saturated heterocycles. The smallest absolute Gasteiger partial charge is 0.276 e. The van der Waals surface area contributed by atoms with Crippen molar-refractivity contribution in [2.45, 2.75) is 13.8 Å². The van der Waals surface area contributed by atoms with Crippen LogP contribution >= 0.6 is 11.3 Å². The molecule has 8 heteroatoms. The molecular formula is C22H24N4O3S. The van der Waals surface area contributed by atoms with Crippen LogP contribution < -0.4 is 5.32 Å². The van der Waals surface area contributed by atoms with Crippen LogP contribution in [0.25, 0.3) is 10.6 Å². The number of amides is 2. The molecule has 156 valence electrons. The minimum absolute atomic E-state index is 0.0411. The standard InChI is InChI=1S/C22H24N4O3S/c1-15-5-3-6-17(16(15)2)23-21(27)14-25-8-10-26(11-9-25)22(28)18-13-19(29-24-18)20-7-4-12-30-20/h3-7,12-13H,8-11,14H2,1-2H3,(H,23,27). The third-order valence-corrected chi connectivity index (χ3v) is 6.28. The van der Waals surface area contributed by atoms with E-state index in [0.29, 0.717) is 44.2 Å². The van der Waals surface area contributed by atoms with Crippen molar-refractivity contribution < 1.29 is 14.1 Å². The number of hydrogen-bond donors (Lipinski definition) is 1. The van der Waals surface area contributed by atoms with Gasteiger partial charge in [-0.15, -0.1) is 11.3 Å². The van der Waals surface area contributed by atoms with Crippen molar-refractivity contribution in [2.24, 2.45) is 0 Å². The number of aromatic nitrogens is 1. The van der Waals surface area contributed by atoms with E-state index in [-0.39, 0.29) is 11.8 Å². The predicted molar refractivity (Wildman–Crippen MR) is 117 cm³/mol. The van der Waals surface area contributed by atoms with Crippen LogP contribution in [0.4, 0.5) is 5.69 Å². The summed E-state index contributed by atoms with van der Waals surface area (Å²) < 4.78 is 5.32. The number of piperazine rings is 1. The second kappa shape index (κ2) is 8.81. The SMILES string of the molecule is Cc1cccc(NC(=O)CN2CCN(C(=O)c3cc(-c4cccs4)on3)CC2)c1C. The number of carbonyl (C=O) groups excluding carboxylic acids is 2. The second-order valence-corrected chi connectivity index (χ2v) is 8.37. The van der Waals surface area contributed by atoms with Crippen LogP contribution in [-0.2, 0) is 4.79 Å². The molecule has 0 bridgehead atoms. The number of thiophene rings is 1. The quantitative estimate of drug-likeness (QED) is 0.679. The van der Waals surface area contributed by atoms with E-state index in [1.54, 1.807) is 22.3 Å². The van der Waals surface area contributed by atoms with E-state index in [1.165, 1.54) is 0 Å². The van der Waals surface area contributed by atoms with Crippen LogP contribution in [-0.4, -0.2) is 59.5 Å². The Hall–Kier alpha value is -2.97. The molecule has 1 aliphatic rings. The molecule has 0 atom stereocenters. The fraction of sp³-hybridized carbons (Fsp3) is 0.318. The summed E-state index contributed by atoms with van der Waals surface area (Å²) >= 11 is 1.54. The molecule has 30 heavy (non-hydrogen) atoms. The normalized spacial score (nSPS) is 14.7. The van der Waals surface area contributed by atoms with Crippen molar-refractivity contribution in [1.82, 2.24) is 15.0 Å². The Morgan fingerprint density at radius 3 is 2.67 bits per heavy atom. The van der Waals surface area contributed by atoms with Crippen molar-refractivity contribution in [3.8, 4) is 10.6 Å². The Kier molecular flexibility index (Phi) is 5.96. The lowest BCUT2D eigenvalue weighted by Crippen LogP contribution is -2.50. The van der Waals surface area contributed by atoms with Gasteiger partial charge in [0.1, 0.15) is 0 Å². The highest BCUT2D eigenvalue weighted by Crippen LogP contribution is 2.25. The Morgan fingerprint density at radius 2 is 1.93 bits per heavy atom. The van der Waals surface area contributed by atoms with Crippen LogP contribution in [0.1, 0.15) is 21.6 Å². The van der Waals surface area contributed by atoms with Gasteiger partial charge in [-0.1, -0.05) is 23.4 Å². The minimum atomic E-state index is -0.138. The summed E-state index contributed by atoms with van der Waals surface area (Å²) in [6.07, 6.45) is 0. The molecule has 0 saturated carbocycles. The molecule has 0 aliphatic carbocycles. The number of hydrogen-bond acceptors (Lipinski definition) is 6. The number of nitrogens with one attached hydrogen (secondary N) is 1. The van der Waals surface area contributed by atoms with Crippen LogP contribution in [0.5, 0.6) is 0 Å². The van der Waals surface area contributed by atoms with Gasteiger partial charge in [0.15, 0.2) is 11.5 Å². The van der Waals surface area contributed by atoms with E-state index in [2.05, 4.69) is 15.4 Å². The zero-order valence-corrected chi connectivity index (χ0v) is 17.9. The largest absolute Gasteiger partial charge is 0.355 e. The molecule has 1 aromatic carbocycles. The Bertz CT molecular complexity index is 1040. The number of anilines is 1. The zero-order valence-electron chi connectivity index (χ0n) is 17.1. The number of nitrogens with zero attached hydrogens (tertiary/aromatic N) is 3. The van der Waals surface area contributed by atoms with E-state index in [9.17, 15) is 9.59 Å². The van der Waals surface area contributed by atoms with E-state index < -0.39 is 0 Å². The van der Waals surface area contributed by atoms with Gasteiger partial charge >= 0.3 is 0 Å². The number of rotatable bonds is 5. The highest BCUT2D eigenvalue weighted by Gasteiger charge is 2.25. The monoisotopic (exact) mass is 424 g/mol. The molecule has 1 fully saturated rings. The Balaban J connectivity index is 1.29. The van der Waals surface area contributed by atoms with Crippen LogP contribution in [0.15, 0.2) is 46.3 Å². The first-order valence-electron chi connectivity index (χ1n) is 9.89. The first-order valence-corrected chi connectivity index (χ1v) is 10.8. The molecule has 0 radical (unpaired) electrons. The highest BCUT2D eigenvalue weighted by molar-refractivity contribution is 7.13. The fourth-order valence-electron chi connectivity index (χ4n) is 3.46. The third kappa shape index (κ3) is 4.44. The maximum atomic E-state index is 12.7. The van der Waals surface area contributed by atoms with Crippen molar-refractivity contribution in [3.63, 3.8) is 0 Å². The molecule has 2 aromatic heterocycles. The lowest BCUT2D eigenvalue weighted by Gasteiger charge is -2.33. The van der Waals surface area contributed by atoms with Crippen LogP contribution in [0.3, 0.4) is 0 Å². The highest BCUT2D eigenvalue weighted by atomic mass is 32.1. The molecule has 2 amide bonds. The summed E-state index contributed by atoms with van der Waals surface area (Å²) in [5.74, 6) is 0.428. The molecule has 4 rings (SSSR count). The van der Waals surface area contributed by atoms with Crippen molar-refractivity contribution in [2.75, 3.05) is 38.0 Å². The number of benzene rings is 1. The van der Waals surface area contributed by atoms with Gasteiger partial charge in [0.25, 0.3) is 5.91 Å². The summed E-state index contributed by atoms with van der Waals surface area (Å²) in [7, 11) is 0. The lowest BCUT2D eigenvalue weighted by atomic mass is 10.1. The molecule has 1 N–H and O–H groups in total. The minimum Gasteiger partial charge on any atom is -0.355 e. The van der Waals surface area contributed by atoms with E-state index >= 15 is 0 Å². The van der Waals surface area contributed by atoms with Gasteiger partial charge in [-0.25, -0.2) is 0 Å². The average Bonchev–Trinajstić information content (AvgIpc) is 3.43. The molecule has 3 aromatic rings. The van der Waals surface area contributed by atoms with Crippen molar-refractivity contribution >= 4 is 28.8 Å². The van der Waals surface area contributed by atoms with Crippen LogP contribution in [0, 0.1) is 13.8 Å². The first-order chi connectivity index (χ1) is 14.5.